The smallest absolute Gasteiger partial charge is 0.293 e. The highest BCUT2D eigenvalue weighted by atomic mass is 35.5. The number of fused-ring (bicyclic) bond motifs is 1. The van der Waals surface area contributed by atoms with Crippen LogP contribution in [0.3, 0.4) is 0 Å². The second-order valence-corrected chi connectivity index (χ2v) is 5.26. The molecule has 2 N–H and O–H groups in total. The van der Waals surface area contributed by atoms with Gasteiger partial charge in [0.05, 0.1) is 15.6 Å². The third-order valence-corrected chi connectivity index (χ3v) is 3.77. The molecule has 112 valence electrons. The van der Waals surface area contributed by atoms with Gasteiger partial charge in [0.15, 0.2) is 5.65 Å². The van der Waals surface area contributed by atoms with Crippen LogP contribution in [0, 0.1) is 0 Å². The molecule has 0 saturated carbocycles. The number of rotatable bonds is 2. The summed E-state index contributed by atoms with van der Waals surface area (Å²) in [6.45, 7) is 0. The zero-order valence-corrected chi connectivity index (χ0v) is 12.9. The number of hydrogen-bond acceptors (Lipinski definition) is 5. The number of pyridine rings is 1. The number of nitrogen functional groups attached to an aromatic ring is 1. The van der Waals surface area contributed by atoms with Crippen LogP contribution < -0.4 is 16.1 Å². The summed E-state index contributed by atoms with van der Waals surface area (Å²) in [6, 6.07) is 6.62. The van der Waals surface area contributed by atoms with Gasteiger partial charge in [0.2, 0.25) is 5.95 Å². The van der Waals surface area contributed by atoms with E-state index in [4.69, 9.17) is 33.8 Å². The number of nitrogens with zero attached hydrogens (tertiary/aromatic N) is 3. The molecule has 6 nitrogen and oxygen atoms in total. The van der Waals surface area contributed by atoms with Gasteiger partial charge in [-0.25, -0.2) is 4.98 Å². The molecule has 0 amide bonds. The fourth-order valence-corrected chi connectivity index (χ4v) is 2.79. The van der Waals surface area contributed by atoms with Crippen molar-refractivity contribution in [2.45, 2.75) is 0 Å². The third-order valence-electron chi connectivity index (χ3n) is 3.14. The van der Waals surface area contributed by atoms with E-state index in [-0.39, 0.29) is 11.6 Å². The summed E-state index contributed by atoms with van der Waals surface area (Å²) in [7, 11) is 1.36. The van der Waals surface area contributed by atoms with Crippen LogP contribution in [0.5, 0.6) is 0 Å². The van der Waals surface area contributed by atoms with Crippen LogP contribution in [0.1, 0.15) is 0 Å². The molecule has 0 atom stereocenters. The molecule has 0 fully saturated rings. The minimum atomic E-state index is -0.442. The zero-order chi connectivity index (χ0) is 15.9. The first kappa shape index (κ1) is 14.6. The molecule has 2 aromatic heterocycles. The van der Waals surface area contributed by atoms with Crippen LogP contribution in [0.25, 0.3) is 22.2 Å². The number of hydrogen-bond donors (Lipinski definition) is 1. The Morgan fingerprint density at radius 3 is 2.59 bits per heavy atom. The molecule has 3 rings (SSSR count). The molecule has 0 radical (unpaired) electrons. The molecule has 22 heavy (non-hydrogen) atoms. The number of benzene rings is 1. The van der Waals surface area contributed by atoms with E-state index in [0.29, 0.717) is 26.6 Å². The van der Waals surface area contributed by atoms with E-state index in [9.17, 15) is 4.79 Å². The van der Waals surface area contributed by atoms with Gasteiger partial charge in [-0.15, -0.1) is 4.73 Å². The van der Waals surface area contributed by atoms with E-state index in [2.05, 4.69) is 9.97 Å². The predicted molar refractivity (Wildman–Crippen MR) is 86.2 cm³/mol. The van der Waals surface area contributed by atoms with Crippen molar-refractivity contribution in [1.29, 1.82) is 0 Å². The van der Waals surface area contributed by atoms with Gasteiger partial charge in [0.1, 0.15) is 7.11 Å². The second kappa shape index (κ2) is 5.47. The van der Waals surface area contributed by atoms with E-state index in [1.165, 1.54) is 13.3 Å². The Morgan fingerprint density at radius 2 is 1.95 bits per heavy atom. The normalized spacial score (nSPS) is 10.9. The average Bonchev–Trinajstić information content (AvgIpc) is 2.48. The summed E-state index contributed by atoms with van der Waals surface area (Å²) < 4.78 is 1.03. The highest BCUT2D eigenvalue weighted by Crippen LogP contribution is 2.33. The Bertz CT molecular complexity index is 920. The maximum Gasteiger partial charge on any atom is 0.293 e. The number of halogens is 2. The third kappa shape index (κ3) is 2.26. The molecule has 8 heteroatoms. The average molecular weight is 337 g/mol. The van der Waals surface area contributed by atoms with Crippen LogP contribution >= 0.6 is 23.2 Å². The molecule has 0 unspecified atom stereocenters. The number of nitrogens with two attached hydrogens (primary N) is 1. The lowest BCUT2D eigenvalue weighted by Crippen LogP contribution is -2.27. The van der Waals surface area contributed by atoms with Crippen LogP contribution in [0.15, 0.2) is 35.3 Å². The van der Waals surface area contributed by atoms with Gasteiger partial charge in [0, 0.05) is 17.1 Å². The van der Waals surface area contributed by atoms with Crippen molar-refractivity contribution in [3.8, 4) is 11.1 Å². The van der Waals surface area contributed by atoms with Crippen molar-refractivity contribution in [3.63, 3.8) is 0 Å². The van der Waals surface area contributed by atoms with Gasteiger partial charge >= 0.3 is 0 Å². The molecule has 0 spiro atoms. The second-order valence-electron chi connectivity index (χ2n) is 4.44. The topological polar surface area (TPSA) is 83.0 Å². The fraction of sp³-hybridized carbons (Fsp3) is 0.0714. The highest BCUT2D eigenvalue weighted by Gasteiger charge is 2.17. The summed E-state index contributed by atoms with van der Waals surface area (Å²) >= 11 is 12.4. The first-order valence-electron chi connectivity index (χ1n) is 6.20. The van der Waals surface area contributed by atoms with Crippen LogP contribution in [0.4, 0.5) is 5.95 Å². The molecule has 0 saturated heterocycles. The lowest BCUT2D eigenvalue weighted by atomic mass is 10.1. The highest BCUT2D eigenvalue weighted by molar-refractivity contribution is 6.39. The monoisotopic (exact) mass is 336 g/mol. The van der Waals surface area contributed by atoms with Crippen molar-refractivity contribution in [3.05, 3.63) is 50.9 Å². The molecule has 0 aliphatic carbocycles. The standard InChI is InChI=1S/C14H10Cl2N4O2/c1-22-20-12-7(6-18-14(17)19-12)5-8(13(20)21)11-9(15)3-2-4-10(11)16/h2-6H,1H3,(H2,17,18,19). The summed E-state index contributed by atoms with van der Waals surface area (Å²) in [5, 5.41) is 1.30. The molecule has 0 bridgehead atoms. The van der Waals surface area contributed by atoms with E-state index in [0.717, 1.165) is 4.73 Å². The SMILES string of the molecule is COn1c(=O)c(-c2c(Cl)cccc2Cl)cc2cnc(N)nc21. The Kier molecular flexibility index (Phi) is 3.64. The lowest BCUT2D eigenvalue weighted by Gasteiger charge is -2.12. The van der Waals surface area contributed by atoms with Crippen LogP contribution in [-0.4, -0.2) is 21.8 Å². The largest absolute Gasteiger partial charge is 0.412 e. The van der Waals surface area contributed by atoms with Crippen LogP contribution in [-0.2, 0) is 0 Å². The maximum absolute atomic E-state index is 12.6. The minimum absolute atomic E-state index is 0.0428. The van der Waals surface area contributed by atoms with Gasteiger partial charge < -0.3 is 10.6 Å². The quantitative estimate of drug-likeness (QED) is 0.776. The van der Waals surface area contributed by atoms with E-state index in [1.807, 2.05) is 0 Å². The molecule has 1 aromatic carbocycles. The summed E-state index contributed by atoms with van der Waals surface area (Å²) in [4.78, 5) is 25.7. The van der Waals surface area contributed by atoms with Crippen molar-refractivity contribution in [1.82, 2.24) is 14.7 Å². The summed E-state index contributed by atoms with van der Waals surface area (Å²) in [5.74, 6) is 0.0428. The Balaban J connectivity index is 2.44. The summed E-state index contributed by atoms with van der Waals surface area (Å²) in [5.41, 5.74) is 6.11. The van der Waals surface area contributed by atoms with Gasteiger partial charge in [-0.2, -0.15) is 4.98 Å². The Morgan fingerprint density at radius 1 is 1.27 bits per heavy atom. The van der Waals surface area contributed by atoms with Gasteiger partial charge in [-0.1, -0.05) is 29.3 Å². The van der Waals surface area contributed by atoms with Gasteiger partial charge in [0.25, 0.3) is 5.56 Å². The minimum Gasteiger partial charge on any atom is -0.412 e. The van der Waals surface area contributed by atoms with Crippen molar-refractivity contribution >= 4 is 40.2 Å². The number of aromatic nitrogens is 3. The van der Waals surface area contributed by atoms with E-state index < -0.39 is 5.56 Å². The fourth-order valence-electron chi connectivity index (χ4n) is 2.19. The predicted octanol–water partition coefficient (Wildman–Crippen LogP) is 2.41. The first-order chi connectivity index (χ1) is 10.5. The van der Waals surface area contributed by atoms with Crippen LogP contribution in [0.2, 0.25) is 10.0 Å². The Hall–Kier alpha value is -2.31. The van der Waals surface area contributed by atoms with Gasteiger partial charge in [-0.3, -0.25) is 4.79 Å². The molecule has 2 heterocycles. The van der Waals surface area contributed by atoms with E-state index in [1.54, 1.807) is 24.3 Å². The van der Waals surface area contributed by atoms with Crippen molar-refractivity contribution < 1.29 is 4.84 Å². The number of anilines is 1. The van der Waals surface area contributed by atoms with E-state index >= 15 is 0 Å². The zero-order valence-electron chi connectivity index (χ0n) is 11.4. The molecule has 0 aliphatic rings. The van der Waals surface area contributed by atoms with Gasteiger partial charge in [-0.05, 0) is 18.2 Å². The lowest BCUT2D eigenvalue weighted by molar-refractivity contribution is 0.168. The van der Waals surface area contributed by atoms with Crippen molar-refractivity contribution in [2.75, 3.05) is 12.8 Å². The molecule has 0 aliphatic heterocycles. The molecular formula is C14H10Cl2N4O2. The molecule has 3 aromatic rings. The summed E-state index contributed by atoms with van der Waals surface area (Å²) in [6.07, 6.45) is 1.50. The Labute approximate surface area is 135 Å². The van der Waals surface area contributed by atoms with Crippen molar-refractivity contribution in [2.24, 2.45) is 0 Å². The first-order valence-corrected chi connectivity index (χ1v) is 6.95. The maximum atomic E-state index is 12.6. The molecular weight excluding hydrogens is 327 g/mol.